The molecular weight excluding hydrogens is 444 g/mol. The van der Waals surface area contributed by atoms with Crippen molar-refractivity contribution in [3.05, 3.63) is 42.1 Å². The maximum atomic E-state index is 13.1. The van der Waals surface area contributed by atoms with Gasteiger partial charge >= 0.3 is 6.18 Å². The first kappa shape index (κ1) is 20.7. The summed E-state index contributed by atoms with van der Waals surface area (Å²) in [4.78, 5) is 22.8. The van der Waals surface area contributed by atoms with E-state index in [4.69, 9.17) is 23.2 Å². The molecular formula is C18H15Cl2F3N6O. The maximum absolute atomic E-state index is 13.1. The monoisotopic (exact) mass is 458 g/mol. The standard InChI is InChI=1S/C18H15Cl2F3N6O/c19-14(20)15(30)27-6-8-28(9-7-27)17-25-16-24-5-4-13(29(16)26-17)11-2-1-3-12(10-11)18(21,22)23/h1-5,10,14H,6-9H2. The van der Waals surface area contributed by atoms with Crippen molar-refractivity contribution in [2.45, 2.75) is 11.0 Å². The van der Waals surface area contributed by atoms with Gasteiger partial charge in [-0.2, -0.15) is 22.7 Å². The van der Waals surface area contributed by atoms with Crippen LogP contribution in [-0.4, -0.2) is 61.4 Å². The molecule has 1 fully saturated rings. The first-order chi connectivity index (χ1) is 14.2. The molecule has 3 heterocycles. The summed E-state index contributed by atoms with van der Waals surface area (Å²) in [6, 6.07) is 6.58. The quantitative estimate of drug-likeness (QED) is 0.563. The van der Waals surface area contributed by atoms with Crippen LogP contribution in [-0.2, 0) is 11.0 Å². The number of piperazine rings is 1. The molecule has 0 radical (unpaired) electrons. The van der Waals surface area contributed by atoms with E-state index >= 15 is 0 Å². The molecule has 1 saturated heterocycles. The van der Waals surface area contributed by atoms with Crippen molar-refractivity contribution in [1.82, 2.24) is 24.5 Å². The van der Waals surface area contributed by atoms with Crippen LogP contribution in [0.4, 0.5) is 19.1 Å². The molecule has 1 amide bonds. The summed E-state index contributed by atoms with van der Waals surface area (Å²) in [6.07, 6.45) is -2.97. The highest BCUT2D eigenvalue weighted by atomic mass is 35.5. The van der Waals surface area contributed by atoms with E-state index in [0.29, 0.717) is 43.4 Å². The van der Waals surface area contributed by atoms with Gasteiger partial charge in [-0.15, -0.1) is 5.10 Å². The van der Waals surface area contributed by atoms with Gasteiger partial charge in [0.2, 0.25) is 5.95 Å². The highest BCUT2D eigenvalue weighted by Gasteiger charge is 2.31. The average molecular weight is 459 g/mol. The first-order valence-corrected chi connectivity index (χ1v) is 9.82. The molecule has 1 aliphatic heterocycles. The lowest BCUT2D eigenvalue weighted by atomic mass is 10.1. The van der Waals surface area contributed by atoms with Crippen molar-refractivity contribution in [3.63, 3.8) is 0 Å². The topological polar surface area (TPSA) is 66.6 Å². The van der Waals surface area contributed by atoms with Crippen molar-refractivity contribution in [2.24, 2.45) is 0 Å². The van der Waals surface area contributed by atoms with Gasteiger partial charge in [0.25, 0.3) is 11.7 Å². The van der Waals surface area contributed by atoms with Crippen molar-refractivity contribution < 1.29 is 18.0 Å². The van der Waals surface area contributed by atoms with Gasteiger partial charge in [0, 0.05) is 37.9 Å². The Balaban J connectivity index is 1.62. The van der Waals surface area contributed by atoms with E-state index in [9.17, 15) is 18.0 Å². The zero-order valence-electron chi connectivity index (χ0n) is 15.4. The second-order valence-electron chi connectivity index (χ2n) is 6.65. The number of nitrogens with zero attached hydrogens (tertiary/aromatic N) is 6. The predicted molar refractivity (Wildman–Crippen MR) is 106 cm³/mol. The Morgan fingerprint density at radius 2 is 1.83 bits per heavy atom. The number of benzene rings is 1. The number of carbonyl (C=O) groups is 1. The fraction of sp³-hybridized carbons (Fsp3) is 0.333. The molecule has 0 spiro atoms. The molecule has 0 bridgehead atoms. The lowest BCUT2D eigenvalue weighted by Gasteiger charge is -2.34. The molecule has 1 aromatic carbocycles. The minimum absolute atomic E-state index is 0.264. The summed E-state index contributed by atoms with van der Waals surface area (Å²) < 4.78 is 40.7. The Hall–Kier alpha value is -2.59. The van der Waals surface area contributed by atoms with E-state index in [2.05, 4.69) is 15.1 Å². The van der Waals surface area contributed by atoms with Crippen LogP contribution < -0.4 is 4.90 Å². The van der Waals surface area contributed by atoms with Crippen LogP contribution in [0.5, 0.6) is 0 Å². The third-order valence-corrected chi connectivity index (χ3v) is 5.15. The minimum Gasteiger partial charge on any atom is -0.337 e. The summed E-state index contributed by atoms with van der Waals surface area (Å²) in [7, 11) is 0. The zero-order chi connectivity index (χ0) is 21.5. The molecule has 0 saturated carbocycles. The van der Waals surface area contributed by atoms with Crippen LogP contribution in [0.25, 0.3) is 17.0 Å². The van der Waals surface area contributed by atoms with Gasteiger partial charge in [0.05, 0.1) is 11.3 Å². The zero-order valence-corrected chi connectivity index (χ0v) is 16.9. The first-order valence-electron chi connectivity index (χ1n) is 8.95. The van der Waals surface area contributed by atoms with E-state index in [0.717, 1.165) is 12.1 Å². The van der Waals surface area contributed by atoms with Crippen LogP contribution in [0.2, 0.25) is 0 Å². The van der Waals surface area contributed by atoms with E-state index in [1.165, 1.54) is 16.8 Å². The van der Waals surface area contributed by atoms with Gasteiger partial charge in [0.15, 0.2) is 4.84 Å². The lowest BCUT2D eigenvalue weighted by Crippen LogP contribution is -2.50. The fourth-order valence-electron chi connectivity index (χ4n) is 3.26. The minimum atomic E-state index is -4.45. The molecule has 2 aromatic heterocycles. The second-order valence-corrected chi connectivity index (χ2v) is 7.74. The number of amides is 1. The Labute approximate surface area is 179 Å². The number of alkyl halides is 5. The Kier molecular flexibility index (Phi) is 5.46. The van der Waals surface area contributed by atoms with Crippen molar-refractivity contribution in [2.75, 3.05) is 31.1 Å². The molecule has 0 atom stereocenters. The average Bonchev–Trinajstić information content (AvgIpc) is 3.17. The number of fused-ring (bicyclic) bond motifs is 1. The molecule has 3 aromatic rings. The smallest absolute Gasteiger partial charge is 0.337 e. The molecule has 158 valence electrons. The molecule has 12 heteroatoms. The van der Waals surface area contributed by atoms with Crippen LogP contribution in [0, 0.1) is 0 Å². The van der Waals surface area contributed by atoms with Crippen molar-refractivity contribution in [3.8, 4) is 11.3 Å². The molecule has 1 aliphatic rings. The largest absolute Gasteiger partial charge is 0.416 e. The van der Waals surface area contributed by atoms with E-state index < -0.39 is 16.6 Å². The number of anilines is 1. The number of aromatic nitrogens is 4. The summed E-state index contributed by atoms with van der Waals surface area (Å²) >= 11 is 11.3. The van der Waals surface area contributed by atoms with Crippen LogP contribution in [0.3, 0.4) is 0 Å². The van der Waals surface area contributed by atoms with E-state index in [-0.39, 0.29) is 11.7 Å². The SMILES string of the molecule is O=C(C(Cl)Cl)N1CCN(c2nc3nccc(-c4cccc(C(F)(F)F)c4)n3n2)CC1. The molecule has 0 aliphatic carbocycles. The molecule has 4 rings (SSSR count). The maximum Gasteiger partial charge on any atom is 0.416 e. The molecule has 30 heavy (non-hydrogen) atoms. The van der Waals surface area contributed by atoms with Crippen molar-refractivity contribution >= 4 is 40.8 Å². The van der Waals surface area contributed by atoms with Gasteiger partial charge in [-0.25, -0.2) is 4.98 Å². The van der Waals surface area contributed by atoms with E-state index in [1.54, 1.807) is 17.0 Å². The van der Waals surface area contributed by atoms with Crippen LogP contribution >= 0.6 is 23.2 Å². The third kappa shape index (κ3) is 4.01. The summed E-state index contributed by atoms with van der Waals surface area (Å²) in [5, 5.41) is 4.44. The van der Waals surface area contributed by atoms with Gasteiger partial charge < -0.3 is 9.80 Å². The van der Waals surface area contributed by atoms with Gasteiger partial charge in [-0.1, -0.05) is 35.3 Å². The second kappa shape index (κ2) is 7.92. The number of hydrogen-bond acceptors (Lipinski definition) is 5. The predicted octanol–water partition coefficient (Wildman–Crippen LogP) is 3.26. The van der Waals surface area contributed by atoms with Gasteiger partial charge in [-0.05, 0) is 18.2 Å². The summed E-state index contributed by atoms with van der Waals surface area (Å²) in [6.45, 7) is 1.72. The fourth-order valence-corrected chi connectivity index (χ4v) is 3.53. The summed E-state index contributed by atoms with van der Waals surface area (Å²) in [5.74, 6) is 0.289. The molecule has 0 N–H and O–H groups in total. The molecule has 7 nitrogen and oxygen atoms in total. The van der Waals surface area contributed by atoms with Gasteiger partial charge in [-0.3, -0.25) is 4.79 Å². The summed E-state index contributed by atoms with van der Waals surface area (Å²) in [5.41, 5.74) is 0.0353. The molecule has 0 unspecified atom stereocenters. The normalized spacial score (nSPS) is 15.3. The number of carbonyl (C=O) groups excluding carboxylic acids is 1. The highest BCUT2D eigenvalue weighted by Crippen LogP contribution is 2.32. The Bertz CT molecular complexity index is 1080. The lowest BCUT2D eigenvalue weighted by molar-refractivity contribution is -0.137. The van der Waals surface area contributed by atoms with Crippen LogP contribution in [0.15, 0.2) is 36.5 Å². The highest BCUT2D eigenvalue weighted by molar-refractivity contribution is 6.53. The number of hydrogen-bond donors (Lipinski definition) is 0. The Morgan fingerprint density at radius 1 is 1.10 bits per heavy atom. The number of halogens is 5. The van der Waals surface area contributed by atoms with Crippen LogP contribution in [0.1, 0.15) is 5.56 Å². The van der Waals surface area contributed by atoms with E-state index in [1.807, 2.05) is 4.90 Å². The van der Waals surface area contributed by atoms with Gasteiger partial charge in [0.1, 0.15) is 0 Å². The number of rotatable bonds is 3. The van der Waals surface area contributed by atoms with Crippen molar-refractivity contribution in [1.29, 1.82) is 0 Å². The Morgan fingerprint density at radius 3 is 2.50 bits per heavy atom. The third-order valence-electron chi connectivity index (χ3n) is 4.78.